The average molecular weight is 516 g/mol. The summed E-state index contributed by atoms with van der Waals surface area (Å²) in [5.74, 6) is -1.07. The summed E-state index contributed by atoms with van der Waals surface area (Å²) in [6.07, 6.45) is -3.80. The van der Waals surface area contributed by atoms with Crippen LogP contribution in [0, 0.1) is 10.1 Å². The van der Waals surface area contributed by atoms with Gasteiger partial charge in [-0.15, -0.1) is 4.72 Å². The molecule has 0 aliphatic rings. The van der Waals surface area contributed by atoms with Crippen molar-refractivity contribution in [2.75, 3.05) is 7.11 Å². The number of nitro benzene ring substituents is 1. The second-order valence-corrected chi connectivity index (χ2v) is 11.3. The fourth-order valence-corrected chi connectivity index (χ4v) is 4.19. The quantitative estimate of drug-likeness (QED) is 0.158. The van der Waals surface area contributed by atoms with Crippen LogP contribution in [0.3, 0.4) is 0 Å². The van der Waals surface area contributed by atoms with Crippen molar-refractivity contribution in [1.29, 1.82) is 0 Å². The Morgan fingerprint density at radius 2 is 1.79 bits per heavy atom. The van der Waals surface area contributed by atoms with Crippen molar-refractivity contribution in [2.45, 2.75) is 55.1 Å². The molecule has 0 fully saturated rings. The summed E-state index contributed by atoms with van der Waals surface area (Å²) < 4.78 is 84.4. The number of halogens is 3. The number of ether oxygens (including phenoxy) is 1. The first-order chi connectivity index (χ1) is 15.0. The van der Waals surface area contributed by atoms with Crippen molar-refractivity contribution in [3.63, 3.8) is 0 Å². The van der Waals surface area contributed by atoms with E-state index in [1.54, 1.807) is 0 Å². The van der Waals surface area contributed by atoms with Crippen molar-refractivity contribution in [3.05, 3.63) is 46.5 Å². The van der Waals surface area contributed by atoms with E-state index in [4.69, 9.17) is 0 Å². The van der Waals surface area contributed by atoms with Gasteiger partial charge >= 0.3 is 12.1 Å². The zero-order valence-corrected chi connectivity index (χ0v) is 19.7. The number of nitro groups is 1. The number of alkyl halides is 3. The van der Waals surface area contributed by atoms with Gasteiger partial charge in [-0.3, -0.25) is 14.9 Å². The van der Waals surface area contributed by atoms with Gasteiger partial charge in [0, 0.05) is 23.5 Å². The molecule has 15 heteroatoms. The fourth-order valence-electron chi connectivity index (χ4n) is 2.20. The molecule has 0 amide bonds. The van der Waals surface area contributed by atoms with Crippen molar-refractivity contribution < 1.29 is 40.6 Å². The van der Waals surface area contributed by atoms with E-state index in [0.717, 1.165) is 37.5 Å². The first-order valence-corrected chi connectivity index (χ1v) is 11.9. The molecule has 2 N–H and O–H groups in total. The fraction of sp³-hybridized carbons (Fsp3) is 0.500. The van der Waals surface area contributed by atoms with Crippen LogP contribution in [-0.2, 0) is 30.9 Å². The summed E-state index contributed by atoms with van der Waals surface area (Å²) >= 11 is -2.06. The van der Waals surface area contributed by atoms with E-state index < -0.39 is 66.6 Å². The maximum atomic E-state index is 13.3. The highest BCUT2D eigenvalue weighted by atomic mass is 32.2. The second-order valence-electron chi connectivity index (χ2n) is 7.63. The van der Waals surface area contributed by atoms with Gasteiger partial charge in [0.15, 0.2) is 6.04 Å². The Hall–Kier alpha value is -2.20. The van der Waals surface area contributed by atoms with Gasteiger partial charge in [-0.25, -0.2) is 8.42 Å². The Morgan fingerprint density at radius 3 is 2.21 bits per heavy atom. The lowest BCUT2D eigenvalue weighted by atomic mass is 10.2. The summed E-state index contributed by atoms with van der Waals surface area (Å²) in [6.45, 7) is 4.44. The molecular formula is C18H24F3N3O7S2. The van der Waals surface area contributed by atoms with Crippen molar-refractivity contribution in [1.82, 2.24) is 9.44 Å². The highest BCUT2D eigenvalue weighted by Gasteiger charge is 2.43. The molecule has 1 rings (SSSR count). The lowest BCUT2D eigenvalue weighted by molar-refractivity contribution is -0.384. The molecule has 0 bridgehead atoms. The minimum atomic E-state index is -4.81. The highest BCUT2D eigenvalue weighted by Crippen LogP contribution is 2.25. The summed E-state index contributed by atoms with van der Waals surface area (Å²) in [7, 11) is -3.40. The van der Waals surface area contributed by atoms with E-state index >= 15 is 0 Å². The minimum absolute atomic E-state index is 0.361. The van der Waals surface area contributed by atoms with Gasteiger partial charge in [-0.05, 0) is 39.3 Å². The summed E-state index contributed by atoms with van der Waals surface area (Å²) in [5, 5.41) is 10.7. The number of carbonyl (C=O) groups is 1. The molecule has 1 aromatic rings. The number of nitrogens with one attached hydrogen (secondary N) is 2. The van der Waals surface area contributed by atoms with Gasteiger partial charge in [-0.2, -0.15) is 17.9 Å². The first-order valence-electron chi connectivity index (χ1n) is 9.25. The highest BCUT2D eigenvalue weighted by molar-refractivity contribution is 7.90. The number of non-ortho nitro benzene ring substituents is 1. The maximum absolute atomic E-state index is 13.3. The van der Waals surface area contributed by atoms with E-state index in [2.05, 4.69) is 4.74 Å². The van der Waals surface area contributed by atoms with Gasteiger partial charge in [0.1, 0.15) is 10.8 Å². The van der Waals surface area contributed by atoms with Crippen molar-refractivity contribution in [2.24, 2.45) is 0 Å². The number of carbonyl (C=O) groups excluding carboxylic acids is 1. The van der Waals surface area contributed by atoms with Crippen molar-refractivity contribution >= 4 is 33.0 Å². The number of benzene rings is 1. The molecule has 3 atom stereocenters. The smallest absolute Gasteiger partial charge is 0.411 e. The lowest BCUT2D eigenvalue weighted by Gasteiger charge is -2.27. The van der Waals surface area contributed by atoms with E-state index in [1.165, 1.54) is 20.8 Å². The third kappa shape index (κ3) is 8.92. The van der Waals surface area contributed by atoms with Crippen LogP contribution in [0.15, 0.2) is 41.3 Å². The molecule has 0 aromatic heterocycles. The molecule has 186 valence electrons. The SMILES string of the molecule is COC(=O)[C@H](C/C=C/[C@@H](N[S+]([O-])C(C)(C)C)C(F)(F)F)NS(=O)(=O)c1ccc([N+](=O)[O-])cc1. The summed E-state index contributed by atoms with van der Waals surface area (Å²) in [4.78, 5) is 21.6. The number of esters is 1. The first kappa shape index (κ1) is 28.8. The zero-order valence-electron chi connectivity index (χ0n) is 18.1. The van der Waals surface area contributed by atoms with Crippen LogP contribution < -0.4 is 9.44 Å². The number of nitrogens with zero attached hydrogens (tertiary/aromatic N) is 1. The molecule has 1 unspecified atom stereocenters. The Balaban J connectivity index is 3.05. The molecule has 33 heavy (non-hydrogen) atoms. The minimum Gasteiger partial charge on any atom is -0.598 e. The standard InChI is InChI=1S/C18H24F3N3O7S2/c1-17(2,3)32(28)22-15(18(19,20)21)7-5-6-14(16(25)31-4)23-33(29,30)13-10-8-12(9-11-13)24(26)27/h5,7-11,14-15,22-23H,6H2,1-4H3/b7-5+/t14-,15+,32?/m0/s1. The summed E-state index contributed by atoms with van der Waals surface area (Å²) in [5.41, 5.74) is -0.361. The molecule has 0 saturated carbocycles. The maximum Gasteiger partial charge on any atom is 0.411 e. The van der Waals surface area contributed by atoms with Crippen LogP contribution in [0.4, 0.5) is 18.9 Å². The molecule has 0 aliphatic heterocycles. The molecule has 0 radical (unpaired) electrons. The molecule has 0 spiro atoms. The number of hydrogen-bond acceptors (Lipinski definition) is 8. The number of sulfonamides is 1. The third-order valence-electron chi connectivity index (χ3n) is 3.98. The molecule has 0 saturated heterocycles. The molecule has 10 nitrogen and oxygen atoms in total. The number of hydrogen-bond donors (Lipinski definition) is 2. The Bertz CT molecular complexity index is 962. The molecule has 0 heterocycles. The number of rotatable bonds is 10. The number of methoxy groups -OCH3 is 1. The normalized spacial score (nSPS) is 15.8. The monoisotopic (exact) mass is 515 g/mol. The van der Waals surface area contributed by atoms with Crippen LogP contribution >= 0.6 is 0 Å². The average Bonchev–Trinajstić information content (AvgIpc) is 2.69. The predicted molar refractivity (Wildman–Crippen MR) is 114 cm³/mol. The zero-order chi connectivity index (χ0) is 25.6. The van der Waals surface area contributed by atoms with E-state index in [1.807, 2.05) is 9.44 Å². The van der Waals surface area contributed by atoms with Crippen LogP contribution in [0.25, 0.3) is 0 Å². The van der Waals surface area contributed by atoms with Gasteiger partial charge in [0.2, 0.25) is 10.0 Å². The lowest BCUT2D eigenvalue weighted by Crippen LogP contribution is -2.49. The van der Waals surface area contributed by atoms with Gasteiger partial charge < -0.3 is 9.29 Å². The Morgan fingerprint density at radius 1 is 1.24 bits per heavy atom. The molecule has 1 aromatic carbocycles. The molecular weight excluding hydrogens is 491 g/mol. The Labute approximate surface area is 192 Å². The largest absolute Gasteiger partial charge is 0.598 e. The van der Waals surface area contributed by atoms with E-state index in [0.29, 0.717) is 6.08 Å². The summed E-state index contributed by atoms with van der Waals surface area (Å²) in [6, 6.07) is -0.144. The van der Waals surface area contributed by atoms with Crippen LogP contribution in [0.2, 0.25) is 0 Å². The third-order valence-corrected chi connectivity index (χ3v) is 7.05. The van der Waals surface area contributed by atoms with Gasteiger partial charge in [-0.1, -0.05) is 12.2 Å². The van der Waals surface area contributed by atoms with E-state index in [-0.39, 0.29) is 5.69 Å². The topological polar surface area (TPSA) is 151 Å². The van der Waals surface area contributed by atoms with Gasteiger partial charge in [0.05, 0.1) is 16.9 Å². The Kier molecular flexibility index (Phi) is 9.86. The molecule has 0 aliphatic carbocycles. The van der Waals surface area contributed by atoms with Crippen LogP contribution in [0.1, 0.15) is 27.2 Å². The predicted octanol–water partition coefficient (Wildman–Crippen LogP) is 2.34. The van der Waals surface area contributed by atoms with Crippen LogP contribution in [0.5, 0.6) is 0 Å². The van der Waals surface area contributed by atoms with E-state index in [9.17, 15) is 41.1 Å². The van der Waals surface area contributed by atoms with Crippen molar-refractivity contribution in [3.8, 4) is 0 Å². The van der Waals surface area contributed by atoms with Crippen LogP contribution in [-0.4, -0.2) is 54.0 Å². The second kappa shape index (κ2) is 11.3. The van der Waals surface area contributed by atoms with Gasteiger partial charge in [0.25, 0.3) is 5.69 Å².